The maximum atomic E-state index is 11.4. The van der Waals surface area contributed by atoms with E-state index in [1.165, 1.54) is 18.7 Å². The molecule has 212 valence electrons. The highest BCUT2D eigenvalue weighted by Gasteiger charge is 2.38. The van der Waals surface area contributed by atoms with Gasteiger partial charge in [-0.1, -0.05) is 18.2 Å². The third-order valence-electron chi connectivity index (χ3n) is 5.51. The molecule has 2 N–H and O–H groups in total. The van der Waals surface area contributed by atoms with Gasteiger partial charge in [-0.2, -0.15) is 23.7 Å². The monoisotopic (exact) mass is 584 g/mol. The number of halogens is 3. The van der Waals surface area contributed by atoms with E-state index in [2.05, 4.69) is 22.4 Å². The fourth-order valence-electron chi connectivity index (χ4n) is 3.72. The highest BCUT2D eigenvalue weighted by Crippen LogP contribution is 2.39. The normalized spacial score (nSPS) is 12.8. The minimum absolute atomic E-state index is 0.171. The van der Waals surface area contributed by atoms with Crippen molar-refractivity contribution in [2.24, 2.45) is 0 Å². The lowest BCUT2D eigenvalue weighted by Gasteiger charge is -2.29. The lowest BCUT2D eigenvalue weighted by molar-refractivity contribution is -0.192. The Bertz CT molecular complexity index is 1470. The molecule has 0 aliphatic carbocycles. The number of nitrogens with zero attached hydrogens (tertiary/aromatic N) is 5. The molecule has 1 fully saturated rings. The number of ether oxygens (including phenoxy) is 1. The van der Waals surface area contributed by atoms with Crippen LogP contribution < -0.4 is 10.2 Å². The third kappa shape index (κ3) is 8.41. The van der Waals surface area contributed by atoms with Crippen LogP contribution in [0.15, 0.2) is 53.8 Å². The minimum Gasteiger partial charge on any atom is -0.475 e. The minimum atomic E-state index is -5.08. The lowest BCUT2D eigenvalue weighted by Crippen LogP contribution is -2.37. The molecule has 0 atom stereocenters. The van der Waals surface area contributed by atoms with E-state index in [0.29, 0.717) is 70.8 Å². The number of thioether (sulfide) groups is 1. The van der Waals surface area contributed by atoms with E-state index in [1.807, 2.05) is 17.0 Å². The fraction of sp³-hybridized carbons (Fsp3) is 0.259. The standard InChI is InChI=1S/C25H22N6O2S.C2HF3O2/c1-17(32)29-20-6-4-19(5-7-20)23-21(13-26)24(31-9-11-33-12-10-31)30-25(22(23)14-27)34-16-18-3-2-8-28-15-18;3-2(4,5)1(6)7/h2-8,15H,9-12,16H2,1H3,(H,29,32);(H,6,7). The number of pyridine rings is 2. The Kier molecular flexibility index (Phi) is 10.6. The summed E-state index contributed by atoms with van der Waals surface area (Å²) in [7, 11) is 0. The summed E-state index contributed by atoms with van der Waals surface area (Å²) in [4.78, 5) is 31.3. The van der Waals surface area contributed by atoms with Crippen molar-refractivity contribution >= 4 is 35.1 Å². The lowest BCUT2D eigenvalue weighted by atomic mass is 9.96. The highest BCUT2D eigenvalue weighted by atomic mass is 32.2. The van der Waals surface area contributed by atoms with Gasteiger partial charge in [-0.25, -0.2) is 9.78 Å². The van der Waals surface area contributed by atoms with Crippen LogP contribution in [0.25, 0.3) is 11.1 Å². The number of carboxylic acid groups (broad SMARTS) is 1. The molecule has 1 saturated heterocycles. The number of rotatable bonds is 6. The van der Waals surface area contributed by atoms with Crippen LogP contribution in [-0.2, 0) is 20.1 Å². The van der Waals surface area contributed by atoms with Gasteiger partial charge in [-0.3, -0.25) is 9.78 Å². The number of carboxylic acids is 1. The predicted molar refractivity (Wildman–Crippen MR) is 144 cm³/mol. The first-order valence-electron chi connectivity index (χ1n) is 12.0. The Morgan fingerprint density at radius 3 is 2.27 bits per heavy atom. The zero-order valence-electron chi connectivity index (χ0n) is 21.6. The number of alkyl halides is 3. The average molecular weight is 585 g/mol. The van der Waals surface area contributed by atoms with Crippen LogP contribution in [0.1, 0.15) is 23.6 Å². The van der Waals surface area contributed by atoms with E-state index in [9.17, 15) is 28.5 Å². The third-order valence-corrected chi connectivity index (χ3v) is 6.56. The number of morpholine rings is 1. The van der Waals surface area contributed by atoms with E-state index >= 15 is 0 Å². The molecule has 0 bridgehead atoms. The van der Waals surface area contributed by atoms with Gasteiger partial charge in [0.1, 0.15) is 28.5 Å². The van der Waals surface area contributed by atoms with Gasteiger partial charge < -0.3 is 20.1 Å². The van der Waals surface area contributed by atoms with E-state index in [4.69, 9.17) is 19.6 Å². The predicted octanol–water partition coefficient (Wildman–Crippen LogP) is 4.61. The van der Waals surface area contributed by atoms with Gasteiger partial charge in [0.05, 0.1) is 18.8 Å². The van der Waals surface area contributed by atoms with Crippen molar-refractivity contribution in [3.05, 3.63) is 65.5 Å². The van der Waals surface area contributed by atoms with Gasteiger partial charge in [0.25, 0.3) is 0 Å². The zero-order chi connectivity index (χ0) is 30.0. The summed E-state index contributed by atoms with van der Waals surface area (Å²) in [6.07, 6.45) is -1.58. The maximum absolute atomic E-state index is 11.4. The SMILES string of the molecule is CC(=O)Nc1ccc(-c2c(C#N)c(SCc3cccnc3)nc(N3CCOCC3)c2C#N)cc1.O=C(O)C(F)(F)F. The number of aliphatic carboxylic acids is 1. The fourth-order valence-corrected chi connectivity index (χ4v) is 4.63. The van der Waals surface area contributed by atoms with Gasteiger partial charge in [0, 0.05) is 49.4 Å². The first-order chi connectivity index (χ1) is 19.5. The van der Waals surface area contributed by atoms with E-state index in [-0.39, 0.29) is 5.91 Å². The largest absolute Gasteiger partial charge is 0.490 e. The van der Waals surface area contributed by atoms with Crippen molar-refractivity contribution in [1.29, 1.82) is 10.5 Å². The molecule has 41 heavy (non-hydrogen) atoms. The van der Waals surface area contributed by atoms with Crippen molar-refractivity contribution in [2.75, 3.05) is 36.5 Å². The van der Waals surface area contributed by atoms with Crippen LogP contribution in [0.2, 0.25) is 0 Å². The molecule has 10 nitrogen and oxygen atoms in total. The molecule has 1 aromatic carbocycles. The zero-order valence-corrected chi connectivity index (χ0v) is 22.4. The first-order valence-corrected chi connectivity index (χ1v) is 12.9. The summed E-state index contributed by atoms with van der Waals surface area (Å²) in [6, 6.07) is 15.6. The summed E-state index contributed by atoms with van der Waals surface area (Å²) >= 11 is 1.44. The van der Waals surface area contributed by atoms with Crippen LogP contribution >= 0.6 is 11.8 Å². The molecular weight excluding hydrogens is 561 g/mol. The average Bonchev–Trinajstić information content (AvgIpc) is 2.96. The van der Waals surface area contributed by atoms with Gasteiger partial charge in [0.2, 0.25) is 5.91 Å². The molecule has 0 spiro atoms. The molecule has 3 heterocycles. The van der Waals surface area contributed by atoms with Gasteiger partial charge >= 0.3 is 12.1 Å². The quantitative estimate of drug-likeness (QED) is 0.393. The van der Waals surface area contributed by atoms with E-state index in [0.717, 1.165) is 5.56 Å². The summed E-state index contributed by atoms with van der Waals surface area (Å²) in [5, 5.41) is 30.7. The number of carbonyl (C=O) groups is 2. The summed E-state index contributed by atoms with van der Waals surface area (Å²) in [5.74, 6) is -1.78. The molecule has 1 amide bonds. The number of nitrogens with one attached hydrogen (secondary N) is 1. The Morgan fingerprint density at radius 2 is 1.76 bits per heavy atom. The highest BCUT2D eigenvalue weighted by molar-refractivity contribution is 7.98. The van der Waals surface area contributed by atoms with Crippen LogP contribution in [0.5, 0.6) is 0 Å². The molecule has 1 aliphatic rings. The summed E-state index contributed by atoms with van der Waals surface area (Å²) in [6.45, 7) is 3.76. The molecule has 0 radical (unpaired) electrons. The topological polar surface area (TPSA) is 152 Å². The van der Waals surface area contributed by atoms with Crippen LogP contribution in [-0.4, -0.2) is 59.4 Å². The summed E-state index contributed by atoms with van der Waals surface area (Å²) in [5.41, 5.74) is 3.62. The Hall–Kier alpha value is -4.66. The number of hydrogen-bond donors (Lipinski definition) is 2. The molecule has 0 saturated carbocycles. The van der Waals surface area contributed by atoms with Gasteiger partial charge in [0.15, 0.2) is 0 Å². The van der Waals surface area contributed by atoms with Crippen molar-refractivity contribution < 1.29 is 32.6 Å². The number of carbonyl (C=O) groups excluding carboxylic acids is 1. The van der Waals surface area contributed by atoms with Crippen molar-refractivity contribution in [1.82, 2.24) is 9.97 Å². The maximum Gasteiger partial charge on any atom is 0.490 e. The van der Waals surface area contributed by atoms with E-state index < -0.39 is 12.1 Å². The second kappa shape index (κ2) is 14.1. The number of aromatic nitrogens is 2. The van der Waals surface area contributed by atoms with Crippen LogP contribution in [0.4, 0.5) is 24.7 Å². The molecule has 2 aromatic heterocycles. The van der Waals surface area contributed by atoms with E-state index in [1.54, 1.807) is 36.7 Å². The van der Waals surface area contributed by atoms with Gasteiger partial charge in [-0.05, 0) is 29.3 Å². The van der Waals surface area contributed by atoms with Crippen molar-refractivity contribution in [2.45, 2.75) is 23.9 Å². The molecule has 4 rings (SSSR count). The molecule has 1 aliphatic heterocycles. The van der Waals surface area contributed by atoms with Crippen molar-refractivity contribution in [3.63, 3.8) is 0 Å². The Labute approximate surface area is 237 Å². The number of amides is 1. The number of nitriles is 2. The van der Waals surface area contributed by atoms with Crippen LogP contribution in [0, 0.1) is 22.7 Å². The first kappa shape index (κ1) is 30.9. The molecule has 3 aromatic rings. The number of benzene rings is 1. The Balaban J connectivity index is 0.000000587. The second-order valence-corrected chi connectivity index (χ2v) is 9.36. The smallest absolute Gasteiger partial charge is 0.475 e. The summed E-state index contributed by atoms with van der Waals surface area (Å²) < 4.78 is 37.2. The second-order valence-electron chi connectivity index (χ2n) is 8.40. The molecular formula is C27H23F3N6O4S. The number of anilines is 2. The van der Waals surface area contributed by atoms with Crippen molar-refractivity contribution in [3.8, 4) is 23.3 Å². The molecule has 0 unspecified atom stereocenters. The van der Waals surface area contributed by atoms with Crippen LogP contribution in [0.3, 0.4) is 0 Å². The molecule has 14 heteroatoms. The number of hydrogen-bond acceptors (Lipinski definition) is 9. The van der Waals surface area contributed by atoms with Gasteiger partial charge in [-0.15, -0.1) is 11.8 Å². The Morgan fingerprint density at radius 1 is 1.12 bits per heavy atom.